The molecule has 0 fully saturated rings. The third kappa shape index (κ3) is 7.20. The molecule has 29 heavy (non-hydrogen) atoms. The van der Waals surface area contributed by atoms with Gasteiger partial charge in [0.2, 0.25) is 0 Å². The van der Waals surface area contributed by atoms with E-state index in [1.165, 1.54) is 24.3 Å². The summed E-state index contributed by atoms with van der Waals surface area (Å²) in [6.07, 6.45) is -0.591. The van der Waals surface area contributed by atoms with Gasteiger partial charge in [0.05, 0.1) is 6.04 Å². The average Bonchev–Trinajstić information content (AvgIpc) is 2.63. The van der Waals surface area contributed by atoms with Gasteiger partial charge >= 0.3 is 6.18 Å². The lowest BCUT2D eigenvalue weighted by Gasteiger charge is -2.34. The summed E-state index contributed by atoms with van der Waals surface area (Å²) < 4.78 is 47.1. The number of hydrogen-bond acceptors (Lipinski definition) is 2. The third-order valence-electron chi connectivity index (χ3n) is 4.48. The maximum atomic E-state index is 14.1. The number of benzene rings is 1. The molecule has 1 rings (SSSR count). The minimum atomic E-state index is -4.92. The fourth-order valence-corrected chi connectivity index (χ4v) is 3.55. The summed E-state index contributed by atoms with van der Waals surface area (Å²) in [5.74, 6) is 1.79. The molecule has 0 aliphatic rings. The summed E-state index contributed by atoms with van der Waals surface area (Å²) in [7, 11) is -0.839. The van der Waals surface area contributed by atoms with E-state index < -0.39 is 31.8 Å². The summed E-state index contributed by atoms with van der Waals surface area (Å²) in [5, 5.41) is 2.53. The molecule has 0 unspecified atom stereocenters. The van der Waals surface area contributed by atoms with Crippen molar-refractivity contribution in [3.63, 3.8) is 0 Å². The van der Waals surface area contributed by atoms with Crippen LogP contribution in [0, 0.1) is 11.5 Å². The fraction of sp³-hybridized carbons (Fsp3) is 0.591. The van der Waals surface area contributed by atoms with Crippen LogP contribution in [0.5, 0.6) is 0 Å². The second-order valence-corrected chi connectivity index (χ2v) is 12.9. The second-order valence-electron chi connectivity index (χ2n) is 8.14. The molecule has 0 saturated carbocycles. The van der Waals surface area contributed by atoms with E-state index in [9.17, 15) is 18.0 Å². The molecule has 0 radical (unpaired) electrons. The molecular weight excluding hydrogens is 395 g/mol. The lowest BCUT2D eigenvalue weighted by molar-refractivity contribution is -0.266. The van der Waals surface area contributed by atoms with Crippen LogP contribution < -0.4 is 5.32 Å². The van der Waals surface area contributed by atoms with Crippen molar-refractivity contribution in [2.45, 2.75) is 76.5 Å². The Kier molecular flexibility index (Phi) is 9.44. The molecule has 0 aliphatic carbocycles. The van der Waals surface area contributed by atoms with Crippen molar-refractivity contribution in [3.8, 4) is 11.5 Å². The second kappa shape index (κ2) is 10.8. The van der Waals surface area contributed by atoms with Crippen LogP contribution in [-0.4, -0.2) is 33.3 Å². The Balaban J connectivity index is 3.21. The molecule has 0 aliphatic heterocycles. The maximum Gasteiger partial charge on any atom is 0.430 e. The minimum absolute atomic E-state index is 0.254. The van der Waals surface area contributed by atoms with Crippen LogP contribution >= 0.6 is 0 Å². The number of amides is 1. The number of halogens is 3. The van der Waals surface area contributed by atoms with Crippen LogP contribution in [0.4, 0.5) is 13.2 Å². The lowest BCUT2D eigenvalue weighted by atomic mass is 9.91. The zero-order chi connectivity index (χ0) is 22.1. The summed E-state index contributed by atoms with van der Waals surface area (Å²) >= 11 is 0. The lowest BCUT2D eigenvalue weighted by Crippen LogP contribution is -2.57. The van der Waals surface area contributed by atoms with Gasteiger partial charge in [0, 0.05) is 12.7 Å². The van der Waals surface area contributed by atoms with Crippen molar-refractivity contribution in [2.24, 2.45) is 0 Å². The van der Waals surface area contributed by atoms with Gasteiger partial charge in [-0.25, -0.2) is 0 Å². The highest BCUT2D eigenvalue weighted by Crippen LogP contribution is 2.42. The van der Waals surface area contributed by atoms with Gasteiger partial charge in [-0.1, -0.05) is 88.5 Å². The quantitative estimate of drug-likeness (QED) is 0.324. The molecule has 0 aromatic heterocycles. The van der Waals surface area contributed by atoms with Gasteiger partial charge in [0.25, 0.3) is 11.5 Å². The normalized spacial score (nSPS) is 15.0. The fourth-order valence-electron chi connectivity index (χ4n) is 2.94. The molecule has 1 amide bonds. The van der Waals surface area contributed by atoms with E-state index in [-0.39, 0.29) is 5.56 Å². The van der Waals surface area contributed by atoms with Gasteiger partial charge in [-0.2, -0.15) is 13.2 Å². The van der Waals surface area contributed by atoms with Crippen molar-refractivity contribution in [2.75, 3.05) is 7.11 Å². The van der Waals surface area contributed by atoms with Gasteiger partial charge in [-0.3, -0.25) is 4.79 Å². The molecule has 2 atom stereocenters. The Hall–Kier alpha value is -1.78. The van der Waals surface area contributed by atoms with Crippen LogP contribution in [0.2, 0.25) is 19.6 Å². The summed E-state index contributed by atoms with van der Waals surface area (Å²) in [6, 6.07) is 6.35. The van der Waals surface area contributed by atoms with Gasteiger partial charge < -0.3 is 10.1 Å². The molecule has 0 spiro atoms. The van der Waals surface area contributed by atoms with Crippen LogP contribution in [0.15, 0.2) is 30.3 Å². The predicted octanol–water partition coefficient (Wildman–Crippen LogP) is 5.43. The number of carbonyl (C=O) groups excluding carboxylic acids is 1. The Labute approximate surface area is 173 Å². The van der Waals surface area contributed by atoms with Gasteiger partial charge in [0.15, 0.2) is 0 Å². The highest BCUT2D eigenvalue weighted by atomic mass is 28.3. The van der Waals surface area contributed by atoms with Crippen molar-refractivity contribution < 1.29 is 22.7 Å². The van der Waals surface area contributed by atoms with E-state index in [1.54, 1.807) is 6.07 Å². The number of ether oxygens (including phenoxy) is 1. The minimum Gasteiger partial charge on any atom is -0.356 e. The zero-order valence-corrected chi connectivity index (χ0v) is 19.0. The van der Waals surface area contributed by atoms with E-state index in [0.29, 0.717) is 6.42 Å². The van der Waals surface area contributed by atoms with Crippen LogP contribution in [0.3, 0.4) is 0 Å². The Bertz CT molecular complexity index is 705. The highest BCUT2D eigenvalue weighted by Gasteiger charge is 2.62. The smallest absolute Gasteiger partial charge is 0.356 e. The number of hydrogen-bond donors (Lipinski definition) is 1. The molecule has 0 saturated heterocycles. The predicted molar refractivity (Wildman–Crippen MR) is 113 cm³/mol. The topological polar surface area (TPSA) is 38.3 Å². The largest absolute Gasteiger partial charge is 0.430 e. The molecule has 1 N–H and O–H groups in total. The van der Waals surface area contributed by atoms with Crippen LogP contribution in [0.1, 0.15) is 44.6 Å². The average molecular weight is 428 g/mol. The first-order valence-corrected chi connectivity index (χ1v) is 13.5. The van der Waals surface area contributed by atoms with Crippen molar-refractivity contribution in [1.82, 2.24) is 5.32 Å². The van der Waals surface area contributed by atoms with Gasteiger partial charge in [0.1, 0.15) is 8.07 Å². The Morgan fingerprint density at radius 1 is 1.14 bits per heavy atom. The monoisotopic (exact) mass is 427 g/mol. The van der Waals surface area contributed by atoms with Crippen LogP contribution in [0.25, 0.3) is 0 Å². The van der Waals surface area contributed by atoms with E-state index in [1.807, 2.05) is 0 Å². The molecule has 1 aromatic rings. The number of unbranched alkanes of at least 4 members (excludes halogenated alkanes) is 3. The first kappa shape index (κ1) is 25.3. The first-order chi connectivity index (χ1) is 13.5. The third-order valence-corrected chi connectivity index (χ3v) is 5.37. The van der Waals surface area contributed by atoms with E-state index >= 15 is 0 Å². The van der Waals surface area contributed by atoms with Gasteiger partial charge in [-0.05, 0) is 6.42 Å². The van der Waals surface area contributed by atoms with Crippen LogP contribution in [-0.2, 0) is 15.1 Å². The number of alkyl halides is 3. The Morgan fingerprint density at radius 2 is 1.76 bits per heavy atom. The molecule has 162 valence electrons. The summed E-state index contributed by atoms with van der Waals surface area (Å²) in [4.78, 5) is 13.0. The molecule has 0 bridgehead atoms. The SMILES string of the molecule is CCCCCC[C@H](C#C[Si](C)(C)C)NC(=O)[C@@](OC)(c1ccccc1)C(F)(F)F. The standard InChI is InChI=1S/C22H32F3NO2Si/c1-6-7-8-12-15-19(16-17-29(3,4)5)26-20(27)21(28-2,22(23,24)25)18-13-10-9-11-14-18/h9-11,13-14,19H,6-8,12,15H2,1-5H3,(H,26,27)/t19-,21+/m1/s1. The molecular formula is C22H32F3NO2Si. The van der Waals surface area contributed by atoms with E-state index in [0.717, 1.165) is 32.8 Å². The van der Waals surface area contributed by atoms with E-state index in [2.05, 4.69) is 43.3 Å². The van der Waals surface area contributed by atoms with Crippen molar-refractivity contribution >= 4 is 14.0 Å². The number of methoxy groups -OCH3 is 1. The van der Waals surface area contributed by atoms with Crippen molar-refractivity contribution in [3.05, 3.63) is 35.9 Å². The summed E-state index contributed by atoms with van der Waals surface area (Å²) in [5.41, 5.74) is -0.159. The number of nitrogens with one attached hydrogen (secondary N) is 1. The Morgan fingerprint density at radius 3 is 2.24 bits per heavy atom. The van der Waals surface area contributed by atoms with Crippen molar-refractivity contribution in [1.29, 1.82) is 0 Å². The maximum absolute atomic E-state index is 14.1. The first-order valence-electron chi connectivity index (χ1n) is 9.99. The molecule has 1 aromatic carbocycles. The molecule has 0 heterocycles. The molecule has 7 heteroatoms. The number of carbonyl (C=O) groups is 1. The molecule has 3 nitrogen and oxygen atoms in total. The summed E-state index contributed by atoms with van der Waals surface area (Å²) in [6.45, 7) is 8.24. The number of rotatable bonds is 9. The zero-order valence-electron chi connectivity index (χ0n) is 18.0. The van der Waals surface area contributed by atoms with E-state index in [4.69, 9.17) is 4.74 Å². The van der Waals surface area contributed by atoms with Gasteiger partial charge in [-0.15, -0.1) is 5.54 Å². The highest BCUT2D eigenvalue weighted by molar-refractivity contribution is 6.83.